The fourth-order valence-electron chi connectivity index (χ4n) is 1.35. The van der Waals surface area contributed by atoms with Gasteiger partial charge in [0.05, 0.1) is 18.7 Å². The Morgan fingerprint density at radius 3 is 2.53 bits per heavy atom. The van der Waals surface area contributed by atoms with Crippen molar-refractivity contribution in [2.45, 2.75) is 19.8 Å². The second-order valence-corrected chi connectivity index (χ2v) is 3.36. The number of halogens is 1. The van der Waals surface area contributed by atoms with Crippen LogP contribution in [0.4, 0.5) is 4.39 Å². The number of carbonyl (C=O) groups is 1. The van der Waals surface area contributed by atoms with Crippen molar-refractivity contribution in [2.75, 3.05) is 6.61 Å². The molecule has 1 aromatic carbocycles. The van der Waals surface area contributed by atoms with Crippen LogP contribution in [-0.2, 0) is 9.53 Å². The fourth-order valence-corrected chi connectivity index (χ4v) is 1.35. The van der Waals surface area contributed by atoms with Gasteiger partial charge < -0.3 is 9.94 Å². The average Bonchev–Trinajstić information content (AvgIpc) is 2.32. The van der Waals surface area contributed by atoms with Gasteiger partial charge in [-0.25, -0.2) is 4.39 Å². The summed E-state index contributed by atoms with van der Waals surface area (Å²) < 4.78 is 17.4. The number of oxime groups is 1. The second kappa shape index (κ2) is 6.62. The Labute approximate surface area is 98.7 Å². The van der Waals surface area contributed by atoms with Crippen LogP contribution in [0.3, 0.4) is 0 Å². The van der Waals surface area contributed by atoms with Crippen molar-refractivity contribution in [2.24, 2.45) is 5.16 Å². The van der Waals surface area contributed by atoms with Gasteiger partial charge in [0, 0.05) is 6.42 Å². The molecular weight excluding hydrogens is 225 g/mol. The molecule has 1 aromatic rings. The number of rotatable bonds is 5. The number of hydrogen-bond donors (Lipinski definition) is 1. The molecule has 0 aliphatic heterocycles. The van der Waals surface area contributed by atoms with E-state index in [1.165, 1.54) is 24.3 Å². The van der Waals surface area contributed by atoms with Crippen molar-refractivity contribution >= 4 is 11.7 Å². The van der Waals surface area contributed by atoms with Crippen LogP contribution in [0.25, 0.3) is 0 Å². The van der Waals surface area contributed by atoms with Crippen molar-refractivity contribution < 1.29 is 19.1 Å². The van der Waals surface area contributed by atoms with Gasteiger partial charge in [-0.3, -0.25) is 4.79 Å². The largest absolute Gasteiger partial charge is 0.466 e. The summed E-state index contributed by atoms with van der Waals surface area (Å²) in [4.78, 5) is 11.1. The molecule has 0 radical (unpaired) electrons. The first-order chi connectivity index (χ1) is 8.17. The lowest BCUT2D eigenvalue weighted by Gasteiger charge is -2.04. The minimum absolute atomic E-state index is 0.130. The van der Waals surface area contributed by atoms with Crippen molar-refractivity contribution in [3.05, 3.63) is 35.6 Å². The van der Waals surface area contributed by atoms with Gasteiger partial charge in [0.1, 0.15) is 5.82 Å². The molecule has 1 rings (SSSR count). The monoisotopic (exact) mass is 239 g/mol. The molecule has 0 atom stereocenters. The van der Waals surface area contributed by atoms with E-state index in [0.717, 1.165) is 0 Å². The van der Waals surface area contributed by atoms with Crippen molar-refractivity contribution in [3.8, 4) is 0 Å². The molecular formula is C12H14FNO3. The number of benzene rings is 1. The zero-order chi connectivity index (χ0) is 12.7. The molecule has 0 aliphatic carbocycles. The third kappa shape index (κ3) is 4.22. The van der Waals surface area contributed by atoms with E-state index < -0.39 is 0 Å². The zero-order valence-electron chi connectivity index (χ0n) is 9.52. The van der Waals surface area contributed by atoms with Gasteiger partial charge >= 0.3 is 5.97 Å². The first-order valence-corrected chi connectivity index (χ1v) is 5.30. The minimum atomic E-state index is -0.364. The SMILES string of the molecule is CCOC(=O)CC/C(=N/O)c1ccc(F)cc1. The molecule has 1 N–H and O–H groups in total. The van der Waals surface area contributed by atoms with Crippen LogP contribution in [0.2, 0.25) is 0 Å². The van der Waals surface area contributed by atoms with Crippen molar-refractivity contribution in [3.63, 3.8) is 0 Å². The van der Waals surface area contributed by atoms with Crippen LogP contribution in [0, 0.1) is 5.82 Å². The average molecular weight is 239 g/mol. The third-order valence-corrected chi connectivity index (χ3v) is 2.17. The molecule has 0 amide bonds. The lowest BCUT2D eigenvalue weighted by atomic mass is 10.1. The van der Waals surface area contributed by atoms with Crippen LogP contribution < -0.4 is 0 Å². The minimum Gasteiger partial charge on any atom is -0.466 e. The maximum atomic E-state index is 12.7. The van der Waals surface area contributed by atoms with Crippen LogP contribution in [-0.4, -0.2) is 23.5 Å². The lowest BCUT2D eigenvalue weighted by Crippen LogP contribution is -2.08. The highest BCUT2D eigenvalue weighted by Crippen LogP contribution is 2.09. The Morgan fingerprint density at radius 1 is 1.35 bits per heavy atom. The van der Waals surface area contributed by atoms with Crippen LogP contribution >= 0.6 is 0 Å². The summed E-state index contributed by atoms with van der Waals surface area (Å²) in [7, 11) is 0. The van der Waals surface area contributed by atoms with Gasteiger partial charge in [-0.2, -0.15) is 0 Å². The molecule has 0 saturated heterocycles. The second-order valence-electron chi connectivity index (χ2n) is 3.36. The van der Waals surface area contributed by atoms with E-state index >= 15 is 0 Å². The van der Waals surface area contributed by atoms with E-state index in [0.29, 0.717) is 17.9 Å². The lowest BCUT2D eigenvalue weighted by molar-refractivity contribution is -0.142. The predicted octanol–water partition coefficient (Wildman–Crippen LogP) is 2.35. The summed E-state index contributed by atoms with van der Waals surface area (Å²) in [5.74, 6) is -0.716. The van der Waals surface area contributed by atoms with Gasteiger partial charge in [0.25, 0.3) is 0 Å². The summed E-state index contributed by atoms with van der Waals surface area (Å²) in [6, 6.07) is 5.53. The number of esters is 1. The van der Waals surface area contributed by atoms with E-state index in [9.17, 15) is 9.18 Å². The van der Waals surface area contributed by atoms with E-state index in [2.05, 4.69) is 5.16 Å². The van der Waals surface area contributed by atoms with Crippen molar-refractivity contribution in [1.82, 2.24) is 0 Å². The van der Waals surface area contributed by atoms with Crippen LogP contribution in [0.5, 0.6) is 0 Å². The summed E-state index contributed by atoms with van der Waals surface area (Å²) in [5, 5.41) is 11.9. The maximum Gasteiger partial charge on any atom is 0.306 e. The Morgan fingerprint density at radius 2 is 2.00 bits per heavy atom. The molecule has 0 aromatic heterocycles. The predicted molar refractivity (Wildman–Crippen MR) is 60.6 cm³/mol. The maximum absolute atomic E-state index is 12.7. The first kappa shape index (κ1) is 13.2. The van der Waals surface area contributed by atoms with Crippen LogP contribution in [0.1, 0.15) is 25.3 Å². The summed E-state index contributed by atoms with van der Waals surface area (Å²) >= 11 is 0. The Bertz CT molecular complexity index is 401. The molecule has 0 spiro atoms. The Hall–Kier alpha value is -1.91. The molecule has 4 nitrogen and oxygen atoms in total. The van der Waals surface area contributed by atoms with Gasteiger partial charge in [-0.05, 0) is 24.6 Å². The number of ether oxygens (including phenoxy) is 1. The quantitative estimate of drug-likeness (QED) is 0.371. The molecule has 0 saturated carbocycles. The Balaban J connectivity index is 2.61. The van der Waals surface area contributed by atoms with Crippen LogP contribution in [0.15, 0.2) is 29.4 Å². The number of nitrogens with zero attached hydrogens (tertiary/aromatic N) is 1. The molecule has 92 valence electrons. The molecule has 0 heterocycles. The third-order valence-electron chi connectivity index (χ3n) is 2.17. The fraction of sp³-hybridized carbons (Fsp3) is 0.333. The van der Waals surface area contributed by atoms with Gasteiger partial charge in [-0.1, -0.05) is 17.3 Å². The van der Waals surface area contributed by atoms with Crippen molar-refractivity contribution in [1.29, 1.82) is 0 Å². The molecule has 5 heteroatoms. The molecule has 17 heavy (non-hydrogen) atoms. The van der Waals surface area contributed by atoms with Gasteiger partial charge in [-0.15, -0.1) is 0 Å². The molecule has 0 aliphatic rings. The normalized spacial score (nSPS) is 11.3. The summed E-state index contributed by atoms with van der Waals surface area (Å²) in [6.45, 7) is 2.04. The Kier molecular flexibility index (Phi) is 5.13. The van der Waals surface area contributed by atoms with E-state index in [-0.39, 0.29) is 24.6 Å². The highest BCUT2D eigenvalue weighted by Gasteiger charge is 2.09. The molecule has 0 fully saturated rings. The zero-order valence-corrected chi connectivity index (χ0v) is 9.52. The molecule has 0 unspecified atom stereocenters. The standard InChI is InChI=1S/C12H14FNO3/c1-2-17-12(15)8-7-11(14-16)9-3-5-10(13)6-4-9/h3-6,16H,2,7-8H2,1H3/b14-11-. The number of carbonyl (C=O) groups excluding carboxylic acids is 1. The van der Waals surface area contributed by atoms with Gasteiger partial charge in [0.15, 0.2) is 0 Å². The highest BCUT2D eigenvalue weighted by molar-refractivity contribution is 6.01. The highest BCUT2D eigenvalue weighted by atomic mass is 19.1. The summed E-state index contributed by atoms with van der Waals surface area (Å²) in [6.07, 6.45) is 0.381. The van der Waals surface area contributed by atoms with Gasteiger partial charge in [0.2, 0.25) is 0 Å². The first-order valence-electron chi connectivity index (χ1n) is 5.30. The van der Waals surface area contributed by atoms with E-state index in [4.69, 9.17) is 9.94 Å². The topological polar surface area (TPSA) is 58.9 Å². The smallest absolute Gasteiger partial charge is 0.306 e. The molecule has 0 bridgehead atoms. The van der Waals surface area contributed by atoms with E-state index in [1.807, 2.05) is 0 Å². The van der Waals surface area contributed by atoms with E-state index in [1.54, 1.807) is 6.92 Å². The number of hydrogen-bond acceptors (Lipinski definition) is 4. The summed E-state index contributed by atoms with van der Waals surface area (Å²) in [5.41, 5.74) is 0.913.